The van der Waals surface area contributed by atoms with E-state index in [-0.39, 0.29) is 0 Å². The van der Waals surface area contributed by atoms with E-state index in [1.165, 1.54) is 24.0 Å². The third-order valence-corrected chi connectivity index (χ3v) is 4.04. The van der Waals surface area contributed by atoms with Gasteiger partial charge in [-0.15, -0.1) is 0 Å². The molecule has 1 aromatic carbocycles. The number of likely N-dealkylation sites (N-methyl/N-ethyl adjacent to an activating group) is 1. The zero-order valence-corrected chi connectivity index (χ0v) is 11.8. The maximum absolute atomic E-state index is 5.75. The van der Waals surface area contributed by atoms with E-state index in [1.807, 2.05) is 0 Å². The molecular weight excluding hydrogens is 236 g/mol. The van der Waals surface area contributed by atoms with Crippen molar-refractivity contribution in [3.63, 3.8) is 0 Å². The third-order valence-electron chi connectivity index (χ3n) is 4.04. The van der Waals surface area contributed by atoms with Crippen LogP contribution in [0.3, 0.4) is 0 Å². The summed E-state index contributed by atoms with van der Waals surface area (Å²) in [4.78, 5) is 2.34. The SMILES string of the molecule is CN1CCOC(CNCc2cccc(C3CC3)c2)C1. The lowest BCUT2D eigenvalue weighted by molar-refractivity contribution is -0.0182. The summed E-state index contributed by atoms with van der Waals surface area (Å²) in [6, 6.07) is 9.03. The van der Waals surface area contributed by atoms with Crippen LogP contribution in [0.25, 0.3) is 0 Å². The topological polar surface area (TPSA) is 24.5 Å². The average Bonchev–Trinajstić information content (AvgIpc) is 3.23. The van der Waals surface area contributed by atoms with Crippen molar-refractivity contribution in [3.8, 4) is 0 Å². The molecule has 3 heteroatoms. The molecule has 0 bridgehead atoms. The van der Waals surface area contributed by atoms with Crippen molar-refractivity contribution in [1.29, 1.82) is 0 Å². The quantitative estimate of drug-likeness (QED) is 0.876. The summed E-state index contributed by atoms with van der Waals surface area (Å²) in [6.45, 7) is 4.84. The summed E-state index contributed by atoms with van der Waals surface area (Å²) in [5, 5.41) is 3.53. The van der Waals surface area contributed by atoms with Crippen molar-refractivity contribution in [2.45, 2.75) is 31.4 Å². The number of benzene rings is 1. The Kier molecular flexibility index (Phi) is 4.16. The van der Waals surface area contributed by atoms with E-state index in [0.717, 1.165) is 38.7 Å². The summed E-state index contributed by atoms with van der Waals surface area (Å²) in [5.41, 5.74) is 2.92. The van der Waals surface area contributed by atoms with Crippen LogP contribution in [-0.4, -0.2) is 44.3 Å². The number of nitrogens with zero attached hydrogens (tertiary/aromatic N) is 1. The van der Waals surface area contributed by atoms with Crippen molar-refractivity contribution in [2.24, 2.45) is 0 Å². The van der Waals surface area contributed by atoms with Crippen LogP contribution in [0.4, 0.5) is 0 Å². The highest BCUT2D eigenvalue weighted by atomic mass is 16.5. The lowest BCUT2D eigenvalue weighted by atomic mass is 10.1. The Morgan fingerprint density at radius 1 is 1.37 bits per heavy atom. The Morgan fingerprint density at radius 3 is 3.05 bits per heavy atom. The molecule has 1 aromatic rings. The molecule has 0 spiro atoms. The molecule has 1 N–H and O–H groups in total. The Hall–Kier alpha value is -0.900. The van der Waals surface area contributed by atoms with Crippen LogP contribution in [0.15, 0.2) is 24.3 Å². The van der Waals surface area contributed by atoms with Gasteiger partial charge in [-0.05, 0) is 36.9 Å². The lowest BCUT2D eigenvalue weighted by Crippen LogP contribution is -2.44. The Bertz CT molecular complexity index is 417. The minimum atomic E-state index is 0.338. The minimum absolute atomic E-state index is 0.338. The fraction of sp³-hybridized carbons (Fsp3) is 0.625. The smallest absolute Gasteiger partial charge is 0.0826 e. The van der Waals surface area contributed by atoms with Gasteiger partial charge in [-0.25, -0.2) is 0 Å². The second-order valence-corrected chi connectivity index (χ2v) is 5.91. The van der Waals surface area contributed by atoms with Gasteiger partial charge in [0.1, 0.15) is 0 Å². The van der Waals surface area contributed by atoms with Crippen LogP contribution >= 0.6 is 0 Å². The zero-order valence-electron chi connectivity index (χ0n) is 11.8. The first-order valence-electron chi connectivity index (χ1n) is 7.41. The summed E-state index contributed by atoms with van der Waals surface area (Å²) < 4.78 is 5.75. The molecule has 19 heavy (non-hydrogen) atoms. The summed E-state index contributed by atoms with van der Waals surface area (Å²) in [7, 11) is 2.16. The van der Waals surface area contributed by atoms with Crippen molar-refractivity contribution >= 4 is 0 Å². The molecule has 2 fully saturated rings. The maximum atomic E-state index is 5.75. The largest absolute Gasteiger partial charge is 0.374 e. The van der Waals surface area contributed by atoms with Gasteiger partial charge in [0.15, 0.2) is 0 Å². The minimum Gasteiger partial charge on any atom is -0.374 e. The molecule has 104 valence electrons. The van der Waals surface area contributed by atoms with Gasteiger partial charge in [-0.1, -0.05) is 24.3 Å². The molecule has 1 saturated heterocycles. The molecule has 1 saturated carbocycles. The summed E-state index contributed by atoms with van der Waals surface area (Å²) >= 11 is 0. The fourth-order valence-electron chi connectivity index (χ4n) is 2.74. The van der Waals surface area contributed by atoms with Crippen LogP contribution in [0.1, 0.15) is 29.9 Å². The van der Waals surface area contributed by atoms with E-state index < -0.39 is 0 Å². The van der Waals surface area contributed by atoms with E-state index in [1.54, 1.807) is 0 Å². The van der Waals surface area contributed by atoms with Crippen molar-refractivity contribution in [2.75, 3.05) is 33.3 Å². The molecular formula is C16H24N2O. The molecule has 1 atom stereocenters. The van der Waals surface area contributed by atoms with Crippen LogP contribution in [0, 0.1) is 0 Å². The van der Waals surface area contributed by atoms with E-state index in [4.69, 9.17) is 4.74 Å². The summed E-state index contributed by atoms with van der Waals surface area (Å²) in [6.07, 6.45) is 3.09. The van der Waals surface area contributed by atoms with Crippen molar-refractivity contribution < 1.29 is 4.74 Å². The fourth-order valence-corrected chi connectivity index (χ4v) is 2.74. The standard InChI is InChI=1S/C16H24N2O/c1-18-7-8-19-16(12-18)11-17-10-13-3-2-4-15(9-13)14-5-6-14/h2-4,9,14,16-17H,5-8,10-12H2,1H3. The van der Waals surface area contributed by atoms with Crippen molar-refractivity contribution in [1.82, 2.24) is 10.2 Å². The highest BCUT2D eigenvalue weighted by molar-refractivity contribution is 5.29. The Labute approximate surface area is 115 Å². The molecule has 1 aliphatic carbocycles. The van der Waals surface area contributed by atoms with Gasteiger partial charge in [-0.3, -0.25) is 0 Å². The molecule has 0 radical (unpaired) electrons. The Balaban J connectivity index is 1.45. The second kappa shape index (κ2) is 6.04. The van der Waals surface area contributed by atoms with Crippen molar-refractivity contribution in [3.05, 3.63) is 35.4 Å². The third kappa shape index (κ3) is 3.78. The van der Waals surface area contributed by atoms with Gasteiger partial charge in [0.2, 0.25) is 0 Å². The van der Waals surface area contributed by atoms with Gasteiger partial charge in [0.25, 0.3) is 0 Å². The predicted octanol–water partition coefficient (Wildman–Crippen LogP) is 1.98. The van der Waals surface area contributed by atoms with Gasteiger partial charge in [-0.2, -0.15) is 0 Å². The number of ether oxygens (including phenoxy) is 1. The van der Waals surface area contributed by atoms with E-state index in [0.29, 0.717) is 6.10 Å². The number of hydrogen-bond acceptors (Lipinski definition) is 3. The molecule has 2 aliphatic rings. The highest BCUT2D eigenvalue weighted by Gasteiger charge is 2.23. The molecule has 1 aliphatic heterocycles. The molecule has 1 unspecified atom stereocenters. The highest BCUT2D eigenvalue weighted by Crippen LogP contribution is 2.40. The molecule has 3 rings (SSSR count). The average molecular weight is 260 g/mol. The van der Waals surface area contributed by atoms with Crippen LogP contribution in [-0.2, 0) is 11.3 Å². The van der Waals surface area contributed by atoms with Gasteiger partial charge < -0.3 is 15.0 Å². The first-order chi connectivity index (χ1) is 9.31. The number of morpholine rings is 1. The summed E-state index contributed by atoms with van der Waals surface area (Å²) in [5.74, 6) is 0.843. The van der Waals surface area contributed by atoms with Gasteiger partial charge in [0.05, 0.1) is 12.7 Å². The molecule has 3 nitrogen and oxygen atoms in total. The number of hydrogen-bond donors (Lipinski definition) is 1. The number of rotatable bonds is 5. The van der Waals surface area contributed by atoms with Gasteiger partial charge in [0, 0.05) is 26.2 Å². The number of nitrogens with one attached hydrogen (secondary N) is 1. The van der Waals surface area contributed by atoms with E-state index in [9.17, 15) is 0 Å². The lowest BCUT2D eigenvalue weighted by Gasteiger charge is -2.30. The van der Waals surface area contributed by atoms with E-state index in [2.05, 4.69) is 41.5 Å². The first kappa shape index (κ1) is 13.1. The zero-order chi connectivity index (χ0) is 13.1. The molecule has 0 amide bonds. The predicted molar refractivity (Wildman–Crippen MR) is 77.4 cm³/mol. The normalized spacial score (nSPS) is 24.6. The first-order valence-corrected chi connectivity index (χ1v) is 7.41. The Morgan fingerprint density at radius 2 is 2.26 bits per heavy atom. The molecule has 1 heterocycles. The van der Waals surface area contributed by atoms with Gasteiger partial charge >= 0.3 is 0 Å². The monoisotopic (exact) mass is 260 g/mol. The van der Waals surface area contributed by atoms with Crippen LogP contribution < -0.4 is 5.32 Å². The van der Waals surface area contributed by atoms with E-state index >= 15 is 0 Å². The van der Waals surface area contributed by atoms with Crippen LogP contribution in [0.2, 0.25) is 0 Å². The molecule has 0 aromatic heterocycles. The second-order valence-electron chi connectivity index (χ2n) is 5.91. The maximum Gasteiger partial charge on any atom is 0.0826 e. The van der Waals surface area contributed by atoms with Crippen LogP contribution in [0.5, 0.6) is 0 Å².